The van der Waals surface area contributed by atoms with Gasteiger partial charge < -0.3 is 0 Å². The number of rotatable bonds is 5. The Hall–Kier alpha value is -0.530. The van der Waals surface area contributed by atoms with E-state index >= 15 is 0 Å². The summed E-state index contributed by atoms with van der Waals surface area (Å²) in [6.45, 7) is -4.97. The molecule has 80 valence electrons. The van der Waals surface area contributed by atoms with Crippen LogP contribution in [-0.2, 0) is 4.74 Å². The summed E-state index contributed by atoms with van der Waals surface area (Å²) >= 11 is 0. The van der Waals surface area contributed by atoms with Crippen LogP contribution in [0.1, 0.15) is 0 Å². The van der Waals surface area contributed by atoms with E-state index in [1.807, 2.05) is 0 Å². The monoisotopic (exact) mass is 214 g/mol. The van der Waals surface area contributed by atoms with E-state index in [9.17, 15) is 30.7 Å². The van der Waals surface area contributed by atoms with E-state index in [1.165, 1.54) is 0 Å². The number of alkyl halides is 7. The topological polar surface area (TPSA) is 9.23 Å². The van der Waals surface area contributed by atoms with Gasteiger partial charge in [-0.25, -0.2) is 13.2 Å². The van der Waals surface area contributed by atoms with Crippen LogP contribution in [0.5, 0.6) is 0 Å². The minimum atomic E-state index is -4.70. The van der Waals surface area contributed by atoms with Crippen molar-refractivity contribution in [2.45, 2.75) is 18.4 Å². The van der Waals surface area contributed by atoms with E-state index in [0.717, 1.165) is 0 Å². The van der Waals surface area contributed by atoms with Crippen molar-refractivity contribution in [2.24, 2.45) is 0 Å². The van der Waals surface area contributed by atoms with Gasteiger partial charge in [-0.05, 0) is 0 Å². The second-order valence-electron chi connectivity index (χ2n) is 2.10. The SMILES string of the molecule is FCC(F)(F)OC(F)C(F)(F)CF. The second-order valence-corrected chi connectivity index (χ2v) is 2.10. The number of hydrogen-bond donors (Lipinski definition) is 0. The zero-order valence-corrected chi connectivity index (χ0v) is 6.05. The molecule has 0 aliphatic heterocycles. The summed E-state index contributed by atoms with van der Waals surface area (Å²) < 4.78 is 84.5. The van der Waals surface area contributed by atoms with Gasteiger partial charge in [-0.1, -0.05) is 0 Å². The predicted octanol–water partition coefficient (Wildman–Crippen LogP) is 2.47. The smallest absolute Gasteiger partial charge is 0.277 e. The molecule has 0 fully saturated rings. The predicted molar refractivity (Wildman–Crippen MR) is 27.8 cm³/mol. The van der Waals surface area contributed by atoms with E-state index in [4.69, 9.17) is 0 Å². The lowest BCUT2D eigenvalue weighted by molar-refractivity contribution is -0.335. The first-order chi connectivity index (χ1) is 5.75. The van der Waals surface area contributed by atoms with E-state index in [-0.39, 0.29) is 0 Å². The van der Waals surface area contributed by atoms with Crippen molar-refractivity contribution in [3.05, 3.63) is 0 Å². The van der Waals surface area contributed by atoms with Gasteiger partial charge in [0.25, 0.3) is 6.36 Å². The van der Waals surface area contributed by atoms with E-state index in [2.05, 4.69) is 4.74 Å². The fourth-order valence-electron chi connectivity index (χ4n) is 0.330. The zero-order valence-electron chi connectivity index (χ0n) is 6.05. The van der Waals surface area contributed by atoms with Crippen molar-refractivity contribution < 1.29 is 35.5 Å². The van der Waals surface area contributed by atoms with Crippen molar-refractivity contribution in [1.82, 2.24) is 0 Å². The Kier molecular flexibility index (Phi) is 3.95. The van der Waals surface area contributed by atoms with Gasteiger partial charge in [0.05, 0.1) is 0 Å². The third-order valence-corrected chi connectivity index (χ3v) is 0.942. The van der Waals surface area contributed by atoms with Gasteiger partial charge in [0.2, 0.25) is 0 Å². The first-order valence-electron chi connectivity index (χ1n) is 2.94. The molecule has 0 spiro atoms. The van der Waals surface area contributed by atoms with E-state index < -0.39 is 31.7 Å². The second kappa shape index (κ2) is 4.12. The fraction of sp³-hybridized carbons (Fsp3) is 1.00. The Balaban J connectivity index is 4.22. The van der Waals surface area contributed by atoms with Crippen LogP contribution >= 0.6 is 0 Å². The molecule has 0 amide bonds. The molecule has 0 aromatic carbocycles. The van der Waals surface area contributed by atoms with E-state index in [0.29, 0.717) is 0 Å². The van der Waals surface area contributed by atoms with Crippen LogP contribution in [0.15, 0.2) is 0 Å². The molecular weight excluding hydrogens is 209 g/mol. The summed E-state index contributed by atoms with van der Waals surface area (Å²) in [6, 6.07) is 0. The first kappa shape index (κ1) is 12.5. The number of halogens is 7. The zero-order chi connectivity index (χ0) is 10.7. The maximum absolute atomic E-state index is 12.0. The summed E-state index contributed by atoms with van der Waals surface area (Å²) in [4.78, 5) is 0. The molecule has 0 N–H and O–H groups in total. The van der Waals surface area contributed by atoms with Crippen LogP contribution in [0.25, 0.3) is 0 Å². The molecule has 1 nitrogen and oxygen atoms in total. The molecule has 13 heavy (non-hydrogen) atoms. The lowest BCUT2D eigenvalue weighted by Crippen LogP contribution is -2.40. The molecule has 0 aliphatic carbocycles. The number of hydrogen-bond acceptors (Lipinski definition) is 1. The highest BCUT2D eigenvalue weighted by atomic mass is 19.3. The molecule has 1 atom stereocenters. The maximum Gasteiger partial charge on any atom is 0.386 e. The molecule has 0 aromatic heterocycles. The minimum Gasteiger partial charge on any atom is -0.277 e. The van der Waals surface area contributed by atoms with Gasteiger partial charge in [0.1, 0.15) is 0 Å². The van der Waals surface area contributed by atoms with Crippen LogP contribution in [0.4, 0.5) is 30.7 Å². The minimum absolute atomic E-state index is 2.46. The van der Waals surface area contributed by atoms with Gasteiger partial charge in [-0.15, -0.1) is 0 Å². The van der Waals surface area contributed by atoms with Crippen molar-refractivity contribution >= 4 is 0 Å². The van der Waals surface area contributed by atoms with Crippen molar-refractivity contribution in [2.75, 3.05) is 13.3 Å². The van der Waals surface area contributed by atoms with Crippen molar-refractivity contribution in [1.29, 1.82) is 0 Å². The summed E-state index contributed by atoms with van der Waals surface area (Å²) in [7, 11) is 0. The molecule has 0 aromatic rings. The fourth-order valence-corrected chi connectivity index (χ4v) is 0.330. The molecule has 0 bridgehead atoms. The highest BCUT2D eigenvalue weighted by molar-refractivity contribution is 4.70. The standard InChI is InChI=1S/C5H5F7O/c6-1-4(9,10)3(8)13-5(11,12)2-7/h3H,1-2H2. The highest BCUT2D eigenvalue weighted by Crippen LogP contribution is 2.28. The van der Waals surface area contributed by atoms with Crippen LogP contribution in [-0.4, -0.2) is 31.7 Å². The summed E-state index contributed by atoms with van der Waals surface area (Å²) in [5, 5.41) is 0. The van der Waals surface area contributed by atoms with Gasteiger partial charge in [0, 0.05) is 0 Å². The molecule has 1 unspecified atom stereocenters. The molecule has 0 saturated carbocycles. The molecule has 0 radical (unpaired) electrons. The van der Waals surface area contributed by atoms with Gasteiger partial charge >= 0.3 is 12.0 Å². The van der Waals surface area contributed by atoms with Crippen LogP contribution < -0.4 is 0 Å². The Morgan fingerprint density at radius 3 is 1.77 bits per heavy atom. The van der Waals surface area contributed by atoms with Crippen molar-refractivity contribution in [3.8, 4) is 0 Å². The third-order valence-electron chi connectivity index (χ3n) is 0.942. The lowest BCUT2D eigenvalue weighted by Gasteiger charge is -2.21. The summed E-state index contributed by atoms with van der Waals surface area (Å²) in [5.41, 5.74) is 0. The van der Waals surface area contributed by atoms with Gasteiger partial charge in [0.15, 0.2) is 13.3 Å². The first-order valence-corrected chi connectivity index (χ1v) is 2.94. The van der Waals surface area contributed by atoms with Gasteiger partial charge in [-0.2, -0.15) is 17.6 Å². The average Bonchev–Trinajstić information content (AvgIpc) is 2.04. The Morgan fingerprint density at radius 2 is 1.46 bits per heavy atom. The Morgan fingerprint density at radius 1 is 1.00 bits per heavy atom. The quantitative estimate of drug-likeness (QED) is 0.638. The Labute approximate surface area is 68.5 Å². The number of ether oxygens (including phenoxy) is 1. The van der Waals surface area contributed by atoms with E-state index in [1.54, 1.807) is 0 Å². The van der Waals surface area contributed by atoms with Crippen LogP contribution in [0, 0.1) is 0 Å². The van der Waals surface area contributed by atoms with Crippen molar-refractivity contribution in [3.63, 3.8) is 0 Å². The molecule has 0 aliphatic rings. The highest BCUT2D eigenvalue weighted by Gasteiger charge is 2.47. The van der Waals surface area contributed by atoms with Gasteiger partial charge in [-0.3, -0.25) is 4.74 Å². The largest absolute Gasteiger partial charge is 0.386 e. The molecule has 8 heteroatoms. The molecular formula is C5H5F7O. The maximum atomic E-state index is 12.0. The molecule has 0 rings (SSSR count). The summed E-state index contributed by atoms with van der Waals surface area (Å²) in [5.74, 6) is -4.70. The lowest BCUT2D eigenvalue weighted by atomic mass is 10.4. The Bertz CT molecular complexity index is 159. The van der Waals surface area contributed by atoms with Crippen LogP contribution in [0.2, 0.25) is 0 Å². The summed E-state index contributed by atoms with van der Waals surface area (Å²) in [6.07, 6.45) is -8.54. The molecule has 0 saturated heterocycles. The average molecular weight is 214 g/mol. The molecule has 0 heterocycles. The normalized spacial score (nSPS) is 15.9. The van der Waals surface area contributed by atoms with Crippen LogP contribution in [0.3, 0.4) is 0 Å². The third kappa shape index (κ3) is 3.79.